The summed E-state index contributed by atoms with van der Waals surface area (Å²) >= 11 is 0. The van der Waals surface area contributed by atoms with E-state index in [4.69, 9.17) is 4.74 Å². The molecule has 3 heteroatoms. The molecule has 0 unspecified atom stereocenters. The third kappa shape index (κ3) is 2.81. The smallest absolute Gasteiger partial charge is 0.323 e. The Bertz CT molecular complexity index is 810. The van der Waals surface area contributed by atoms with E-state index in [0.29, 0.717) is 0 Å². The molecule has 1 fully saturated rings. The Kier molecular flexibility index (Phi) is 4.24. The maximum atomic E-state index is 12.6. The highest BCUT2D eigenvalue weighted by Gasteiger charge is 2.45. The van der Waals surface area contributed by atoms with Gasteiger partial charge in [-0.25, -0.2) is 0 Å². The maximum absolute atomic E-state index is 12.6. The normalized spacial score (nSPS) is 27.5. The molecule has 126 valence electrons. The van der Waals surface area contributed by atoms with Gasteiger partial charge in [-0.05, 0) is 11.1 Å². The van der Waals surface area contributed by atoms with Crippen molar-refractivity contribution in [1.82, 2.24) is 5.32 Å². The lowest BCUT2D eigenvalue weighted by Gasteiger charge is -2.42. The van der Waals surface area contributed by atoms with Gasteiger partial charge in [-0.15, -0.1) is 0 Å². The van der Waals surface area contributed by atoms with Crippen LogP contribution < -0.4 is 5.32 Å². The summed E-state index contributed by atoms with van der Waals surface area (Å²) in [5, 5.41) is 3.57. The first-order chi connectivity index (χ1) is 12.3. The first-order valence-corrected chi connectivity index (χ1v) is 8.61. The molecule has 4 rings (SSSR count). The molecule has 0 aromatic heterocycles. The van der Waals surface area contributed by atoms with Crippen molar-refractivity contribution in [2.75, 3.05) is 7.11 Å². The van der Waals surface area contributed by atoms with Crippen molar-refractivity contribution >= 4 is 5.97 Å². The molecular weight excluding hydrogens is 310 g/mol. The number of nitrogens with one attached hydrogen (secondary N) is 1. The van der Waals surface area contributed by atoms with Gasteiger partial charge in [0.15, 0.2) is 0 Å². The van der Waals surface area contributed by atoms with E-state index < -0.39 is 6.04 Å². The van der Waals surface area contributed by atoms with Crippen LogP contribution in [0.3, 0.4) is 0 Å². The zero-order valence-electron chi connectivity index (χ0n) is 14.1. The fourth-order valence-electron chi connectivity index (χ4n) is 4.05. The quantitative estimate of drug-likeness (QED) is 0.870. The van der Waals surface area contributed by atoms with E-state index in [0.717, 1.165) is 5.56 Å². The van der Waals surface area contributed by atoms with Gasteiger partial charge in [0, 0.05) is 17.9 Å². The van der Waals surface area contributed by atoms with Gasteiger partial charge in [0.05, 0.1) is 7.11 Å². The van der Waals surface area contributed by atoms with E-state index in [1.165, 1.54) is 18.2 Å². The van der Waals surface area contributed by atoms with Crippen LogP contribution >= 0.6 is 0 Å². The minimum Gasteiger partial charge on any atom is -0.468 e. The van der Waals surface area contributed by atoms with Gasteiger partial charge < -0.3 is 4.74 Å². The standard InChI is InChI=1S/C22H21NO2/c1-25-22(24)21-19(15-9-4-2-5-10-15)17-13-8-14-18(17)20(23-21)16-11-6-3-7-12-16/h2-14,18-21,23H,1H3/t18-,19+,20+,21+/m0/s1. The number of rotatable bonds is 3. The van der Waals surface area contributed by atoms with Crippen LogP contribution in [-0.2, 0) is 9.53 Å². The zero-order chi connectivity index (χ0) is 17.2. The van der Waals surface area contributed by atoms with Crippen LogP contribution in [0.25, 0.3) is 0 Å². The molecule has 1 saturated heterocycles. The summed E-state index contributed by atoms with van der Waals surface area (Å²) in [4.78, 5) is 12.6. The summed E-state index contributed by atoms with van der Waals surface area (Å²) in [7, 11) is 1.46. The molecule has 1 N–H and O–H groups in total. The van der Waals surface area contributed by atoms with E-state index >= 15 is 0 Å². The maximum Gasteiger partial charge on any atom is 0.323 e. The molecule has 0 spiro atoms. The SMILES string of the molecule is COC(=O)[C@@H]1N[C@H](c2ccccc2)[C@H]2C=CC=C2[C@H]1c1ccccc1. The van der Waals surface area contributed by atoms with Crippen LogP contribution in [0.4, 0.5) is 0 Å². The van der Waals surface area contributed by atoms with E-state index in [9.17, 15) is 4.79 Å². The molecule has 1 aliphatic carbocycles. The lowest BCUT2D eigenvalue weighted by molar-refractivity contribution is -0.144. The monoisotopic (exact) mass is 331 g/mol. The molecular formula is C22H21NO2. The minimum absolute atomic E-state index is 0.0198. The number of fused-ring (bicyclic) bond motifs is 1. The molecule has 2 aromatic carbocycles. The number of methoxy groups -OCH3 is 1. The molecule has 25 heavy (non-hydrogen) atoms. The summed E-state index contributed by atoms with van der Waals surface area (Å²) in [6, 6.07) is 20.2. The number of carbonyl (C=O) groups excluding carboxylic acids is 1. The number of hydrogen-bond acceptors (Lipinski definition) is 3. The molecule has 0 amide bonds. The van der Waals surface area contributed by atoms with Gasteiger partial charge in [0.1, 0.15) is 6.04 Å². The van der Waals surface area contributed by atoms with Crippen LogP contribution in [0, 0.1) is 5.92 Å². The number of allylic oxidation sites excluding steroid dienone is 2. The van der Waals surface area contributed by atoms with E-state index in [-0.39, 0.29) is 23.8 Å². The fourth-order valence-corrected chi connectivity index (χ4v) is 4.05. The Hall–Kier alpha value is -2.65. The Morgan fingerprint density at radius 2 is 1.60 bits per heavy atom. The molecule has 0 bridgehead atoms. The lowest BCUT2D eigenvalue weighted by Crippen LogP contribution is -2.51. The largest absolute Gasteiger partial charge is 0.468 e. The number of esters is 1. The Labute approximate surface area is 148 Å². The van der Waals surface area contributed by atoms with Gasteiger partial charge in [-0.3, -0.25) is 10.1 Å². The minimum atomic E-state index is -0.403. The molecule has 1 aliphatic heterocycles. The predicted octanol–water partition coefficient (Wildman–Crippen LogP) is 3.77. The van der Waals surface area contributed by atoms with Crippen LogP contribution in [0.5, 0.6) is 0 Å². The van der Waals surface area contributed by atoms with Crippen molar-refractivity contribution in [3.8, 4) is 0 Å². The van der Waals surface area contributed by atoms with Crippen molar-refractivity contribution in [2.45, 2.75) is 18.0 Å². The molecule has 1 heterocycles. The number of benzene rings is 2. The number of hydrogen-bond donors (Lipinski definition) is 1. The summed E-state index contributed by atoms with van der Waals surface area (Å²) in [5.74, 6) is 0.00292. The molecule has 4 atom stereocenters. The van der Waals surface area contributed by atoms with Gasteiger partial charge in [0.25, 0.3) is 0 Å². The molecule has 2 aliphatic rings. The summed E-state index contributed by atoms with van der Waals surface area (Å²) in [5.41, 5.74) is 3.59. The third-order valence-corrected chi connectivity index (χ3v) is 5.18. The highest BCUT2D eigenvalue weighted by Crippen LogP contribution is 2.46. The Balaban J connectivity index is 1.78. The molecule has 2 aromatic rings. The third-order valence-electron chi connectivity index (χ3n) is 5.18. The van der Waals surface area contributed by atoms with Gasteiger partial charge in [-0.2, -0.15) is 0 Å². The predicted molar refractivity (Wildman–Crippen MR) is 98.0 cm³/mol. The van der Waals surface area contributed by atoms with Crippen LogP contribution in [0.1, 0.15) is 23.1 Å². The topological polar surface area (TPSA) is 38.3 Å². The Morgan fingerprint density at radius 1 is 0.960 bits per heavy atom. The molecule has 0 saturated carbocycles. The second-order valence-electron chi connectivity index (χ2n) is 6.52. The van der Waals surface area contributed by atoms with E-state index in [1.807, 2.05) is 36.4 Å². The second kappa shape index (κ2) is 6.69. The molecule has 0 radical (unpaired) electrons. The van der Waals surface area contributed by atoms with E-state index in [2.05, 4.69) is 47.8 Å². The highest BCUT2D eigenvalue weighted by atomic mass is 16.5. The Morgan fingerprint density at radius 3 is 2.24 bits per heavy atom. The summed E-state index contributed by atoms with van der Waals surface area (Å²) in [6.45, 7) is 0. The summed E-state index contributed by atoms with van der Waals surface area (Å²) in [6.07, 6.45) is 6.49. The van der Waals surface area contributed by atoms with Crippen molar-refractivity contribution in [3.63, 3.8) is 0 Å². The van der Waals surface area contributed by atoms with Gasteiger partial charge in [0.2, 0.25) is 0 Å². The highest BCUT2D eigenvalue weighted by molar-refractivity contribution is 5.79. The average Bonchev–Trinajstić information content (AvgIpc) is 3.17. The number of carbonyl (C=O) groups is 1. The summed E-state index contributed by atoms with van der Waals surface area (Å²) < 4.78 is 5.13. The lowest BCUT2D eigenvalue weighted by atomic mass is 9.72. The van der Waals surface area contributed by atoms with Gasteiger partial charge in [-0.1, -0.05) is 84.5 Å². The van der Waals surface area contributed by atoms with Gasteiger partial charge >= 0.3 is 5.97 Å². The zero-order valence-corrected chi connectivity index (χ0v) is 14.1. The van der Waals surface area contributed by atoms with Crippen molar-refractivity contribution in [2.24, 2.45) is 5.92 Å². The van der Waals surface area contributed by atoms with Crippen molar-refractivity contribution in [3.05, 3.63) is 95.6 Å². The van der Waals surface area contributed by atoms with Crippen LogP contribution in [0.15, 0.2) is 84.5 Å². The van der Waals surface area contributed by atoms with E-state index in [1.54, 1.807) is 0 Å². The first-order valence-electron chi connectivity index (χ1n) is 8.61. The fraction of sp³-hybridized carbons (Fsp3) is 0.227. The first kappa shape index (κ1) is 15.9. The van der Waals surface area contributed by atoms with Crippen LogP contribution in [0.2, 0.25) is 0 Å². The average molecular weight is 331 g/mol. The second-order valence-corrected chi connectivity index (χ2v) is 6.52. The number of ether oxygens (including phenoxy) is 1. The van der Waals surface area contributed by atoms with Crippen molar-refractivity contribution < 1.29 is 9.53 Å². The van der Waals surface area contributed by atoms with Crippen LogP contribution in [-0.4, -0.2) is 19.1 Å². The number of piperidine rings is 1. The molecule has 3 nitrogen and oxygen atoms in total. The van der Waals surface area contributed by atoms with Crippen molar-refractivity contribution in [1.29, 1.82) is 0 Å².